The molecule has 0 atom stereocenters. The fourth-order valence-corrected chi connectivity index (χ4v) is 0. The van der Waals surface area contributed by atoms with Crippen LogP contribution in [0.15, 0.2) is 0 Å². The number of hydrogen-bond acceptors (Lipinski definition) is 0. The van der Waals surface area contributed by atoms with Crippen LogP contribution in [0.2, 0.25) is 0 Å². The van der Waals surface area contributed by atoms with Crippen LogP contribution in [0.5, 0.6) is 0 Å². The van der Waals surface area contributed by atoms with Crippen molar-refractivity contribution < 1.29 is 47.1 Å². The van der Waals surface area contributed by atoms with E-state index in [1.807, 2.05) is 0 Å². The van der Waals surface area contributed by atoms with Crippen molar-refractivity contribution in [3.8, 4) is 0 Å². The summed E-state index contributed by atoms with van der Waals surface area (Å²) in [4.78, 5) is 0. The standard InChI is InChI=1S/6FH.Li/h6*1H;/q;;;;;;+1/p-6. The Bertz CT molecular complexity index is 4.14. The van der Waals surface area contributed by atoms with E-state index in [2.05, 4.69) is 0 Å². The maximum absolute atomic E-state index is 0. The molecule has 0 aliphatic rings. The topological polar surface area (TPSA) is 0 Å². The summed E-state index contributed by atoms with van der Waals surface area (Å²) in [5, 5.41) is 0. The summed E-state index contributed by atoms with van der Waals surface area (Å²) in [7, 11) is 0. The third-order valence-electron chi connectivity index (χ3n) is 0. The van der Waals surface area contributed by atoms with Gasteiger partial charge in [0.25, 0.3) is 0 Å². The Morgan fingerprint density at radius 3 is 0.286 bits per heavy atom. The van der Waals surface area contributed by atoms with Gasteiger partial charge in [-0.25, -0.2) is 0 Å². The molecule has 0 rings (SSSR count). The van der Waals surface area contributed by atoms with Crippen LogP contribution in [-0.2, 0) is 0 Å². The van der Waals surface area contributed by atoms with Gasteiger partial charge in [0, 0.05) is 0 Å². The van der Waals surface area contributed by atoms with Gasteiger partial charge in [0.1, 0.15) is 0 Å². The minimum absolute atomic E-state index is 0. The molecule has 0 amide bonds. The maximum Gasteiger partial charge on any atom is 1.00 e. The summed E-state index contributed by atoms with van der Waals surface area (Å²) < 4.78 is 0. The molecular formula is F6Li-5. The summed E-state index contributed by atoms with van der Waals surface area (Å²) in [6.07, 6.45) is 0. The predicted molar refractivity (Wildman–Crippen MR) is 0 cm³/mol. The van der Waals surface area contributed by atoms with Crippen LogP contribution in [0.25, 0.3) is 0 Å². The first-order chi connectivity index (χ1) is 0. The first kappa shape index (κ1) is 8700. The minimum Gasteiger partial charge on any atom is -1.00 e. The zero-order chi connectivity index (χ0) is 0. The molecule has 0 aliphatic heterocycles. The summed E-state index contributed by atoms with van der Waals surface area (Å²) in [6.45, 7) is 0. The van der Waals surface area contributed by atoms with Crippen LogP contribution < -0.4 is 47.1 Å². The van der Waals surface area contributed by atoms with Crippen molar-refractivity contribution >= 4 is 0 Å². The molecule has 0 saturated heterocycles. The Morgan fingerprint density at radius 2 is 0.286 bits per heavy atom. The molecule has 0 aromatic rings. The van der Waals surface area contributed by atoms with Crippen molar-refractivity contribution in [3.63, 3.8) is 0 Å². The first-order valence-corrected chi connectivity index (χ1v) is 0. The fraction of sp³-hybridized carbons (Fsp3) is 0. The van der Waals surface area contributed by atoms with Crippen molar-refractivity contribution in [1.82, 2.24) is 0 Å². The van der Waals surface area contributed by atoms with E-state index in [0.29, 0.717) is 0 Å². The van der Waals surface area contributed by atoms with Gasteiger partial charge in [0.05, 0.1) is 0 Å². The number of rotatable bonds is 0. The number of halogens is 6. The van der Waals surface area contributed by atoms with Crippen LogP contribution in [0, 0.1) is 0 Å². The Labute approximate surface area is 48.0 Å². The zero-order valence-electron chi connectivity index (χ0n) is 3.27. The van der Waals surface area contributed by atoms with Crippen molar-refractivity contribution in [3.05, 3.63) is 0 Å². The molecule has 0 N–H and O–H groups in total. The second-order valence-electron chi connectivity index (χ2n) is 0. The monoisotopic (exact) mass is 121 g/mol. The third-order valence-corrected chi connectivity index (χ3v) is 0. The minimum atomic E-state index is 0. The molecule has 48 valence electrons. The molecule has 0 saturated carbocycles. The van der Waals surface area contributed by atoms with Gasteiger partial charge in [-0.2, -0.15) is 0 Å². The van der Waals surface area contributed by atoms with E-state index in [-0.39, 0.29) is 47.1 Å². The Kier molecular flexibility index (Phi) is 6540000. The van der Waals surface area contributed by atoms with Crippen molar-refractivity contribution in [1.29, 1.82) is 0 Å². The first-order valence-electron chi connectivity index (χ1n) is 0. The van der Waals surface area contributed by atoms with E-state index in [4.69, 9.17) is 0 Å². The average molecular weight is 121 g/mol. The van der Waals surface area contributed by atoms with Gasteiger partial charge in [-0.15, -0.1) is 0 Å². The van der Waals surface area contributed by atoms with Crippen LogP contribution >= 0.6 is 0 Å². The summed E-state index contributed by atoms with van der Waals surface area (Å²) in [5.74, 6) is 0. The van der Waals surface area contributed by atoms with Gasteiger partial charge in [0.2, 0.25) is 0 Å². The van der Waals surface area contributed by atoms with Crippen LogP contribution in [0.3, 0.4) is 0 Å². The van der Waals surface area contributed by atoms with Crippen molar-refractivity contribution in [2.24, 2.45) is 0 Å². The average Bonchev–Trinajstić information content (AvgIpc) is 0. The predicted octanol–water partition coefficient (Wildman–Crippen LogP) is -21.0. The summed E-state index contributed by atoms with van der Waals surface area (Å²) in [5.41, 5.74) is 0. The zero-order valence-corrected chi connectivity index (χ0v) is 3.27. The molecule has 0 spiro atoms. The van der Waals surface area contributed by atoms with Gasteiger partial charge in [-0.05, 0) is 0 Å². The van der Waals surface area contributed by atoms with Gasteiger partial charge < -0.3 is 28.2 Å². The Balaban J connectivity index is 0. The van der Waals surface area contributed by atoms with Crippen LogP contribution in [0.1, 0.15) is 0 Å². The third kappa shape index (κ3) is 3430. The molecule has 0 aromatic carbocycles. The van der Waals surface area contributed by atoms with Gasteiger partial charge in [-0.3, -0.25) is 0 Å². The largest absolute Gasteiger partial charge is 1.00 e. The SMILES string of the molecule is [F-].[F-].[F-].[F-].[F-].[F-].[Li+]. The molecule has 0 aromatic heterocycles. The van der Waals surface area contributed by atoms with E-state index < -0.39 is 0 Å². The normalized spacial score (nSPS) is 0. The van der Waals surface area contributed by atoms with Gasteiger partial charge in [-0.1, -0.05) is 0 Å². The quantitative estimate of drug-likeness (QED) is 0.220. The van der Waals surface area contributed by atoms with E-state index in [1.165, 1.54) is 0 Å². The molecule has 0 heterocycles. The smallest absolute Gasteiger partial charge is 1.00 e. The fourth-order valence-electron chi connectivity index (χ4n) is 0. The van der Waals surface area contributed by atoms with E-state index in [1.54, 1.807) is 0 Å². The van der Waals surface area contributed by atoms with E-state index in [0.717, 1.165) is 0 Å². The van der Waals surface area contributed by atoms with Gasteiger partial charge >= 0.3 is 18.9 Å². The molecule has 0 unspecified atom stereocenters. The maximum atomic E-state index is 0. The Morgan fingerprint density at radius 1 is 0.286 bits per heavy atom. The molecule has 0 radical (unpaired) electrons. The molecule has 0 bridgehead atoms. The van der Waals surface area contributed by atoms with Crippen LogP contribution in [0.4, 0.5) is 0 Å². The van der Waals surface area contributed by atoms with E-state index in [9.17, 15) is 0 Å². The van der Waals surface area contributed by atoms with Gasteiger partial charge in [0.15, 0.2) is 0 Å². The second kappa shape index (κ2) is 5260. The Hall–Kier alpha value is 0.177. The number of hydrogen-bond donors (Lipinski definition) is 0. The molecule has 0 aliphatic carbocycles. The molecular weight excluding hydrogens is 121 g/mol. The summed E-state index contributed by atoms with van der Waals surface area (Å²) >= 11 is 0. The molecule has 7 heavy (non-hydrogen) atoms. The van der Waals surface area contributed by atoms with Crippen LogP contribution in [-0.4, -0.2) is 0 Å². The summed E-state index contributed by atoms with van der Waals surface area (Å²) in [6, 6.07) is 0. The van der Waals surface area contributed by atoms with Crippen molar-refractivity contribution in [2.75, 3.05) is 0 Å². The van der Waals surface area contributed by atoms with Crippen molar-refractivity contribution in [2.45, 2.75) is 0 Å². The molecule has 7 heteroatoms. The second-order valence-corrected chi connectivity index (χ2v) is 0. The molecule has 0 fully saturated rings. The molecule has 0 nitrogen and oxygen atoms in total. The van der Waals surface area contributed by atoms with E-state index >= 15 is 0 Å².